The smallest absolute Gasteiger partial charge is 0.0991 e. The predicted molar refractivity (Wildman–Crippen MR) is 57.7 cm³/mol. The van der Waals surface area contributed by atoms with E-state index in [0.717, 1.165) is 25.1 Å². The van der Waals surface area contributed by atoms with E-state index in [1.165, 1.54) is 0 Å². The van der Waals surface area contributed by atoms with Crippen LogP contribution in [-0.2, 0) is 6.54 Å². The summed E-state index contributed by atoms with van der Waals surface area (Å²) in [6.45, 7) is 1.59. The highest BCUT2D eigenvalue weighted by atomic mass is 14.8. The van der Waals surface area contributed by atoms with E-state index < -0.39 is 0 Å². The fourth-order valence-corrected chi connectivity index (χ4v) is 1.28. The lowest BCUT2D eigenvalue weighted by Gasteiger charge is -2.03. The summed E-state index contributed by atoms with van der Waals surface area (Å²) in [5.74, 6) is 0. The topological polar surface area (TPSA) is 59.6 Å². The summed E-state index contributed by atoms with van der Waals surface area (Å²) >= 11 is 0. The van der Waals surface area contributed by atoms with Crippen LogP contribution in [0.25, 0.3) is 0 Å². The van der Waals surface area contributed by atoms with Gasteiger partial charge in [0.25, 0.3) is 0 Å². The zero-order chi connectivity index (χ0) is 10.9. The Balaban J connectivity index is 2.32. The van der Waals surface area contributed by atoms with Gasteiger partial charge in [0.1, 0.15) is 0 Å². The Morgan fingerprint density at radius 1 is 1.27 bits per heavy atom. The minimum absolute atomic E-state index is 0.589. The summed E-state index contributed by atoms with van der Waals surface area (Å²) < 4.78 is 0. The molecule has 0 spiro atoms. The Morgan fingerprint density at radius 3 is 2.87 bits per heavy atom. The van der Waals surface area contributed by atoms with Crippen LogP contribution >= 0.6 is 0 Å². The van der Waals surface area contributed by atoms with Crippen molar-refractivity contribution >= 4 is 0 Å². The zero-order valence-electron chi connectivity index (χ0n) is 8.53. The SMILES string of the molecule is N#CCCCNCc1cccc(C#N)c1. The van der Waals surface area contributed by atoms with Crippen LogP contribution in [0.2, 0.25) is 0 Å². The Labute approximate surface area is 90.0 Å². The van der Waals surface area contributed by atoms with Crippen LogP contribution in [0.15, 0.2) is 24.3 Å². The van der Waals surface area contributed by atoms with Gasteiger partial charge in [0.15, 0.2) is 0 Å². The molecule has 0 amide bonds. The summed E-state index contributed by atoms with van der Waals surface area (Å²) in [7, 11) is 0. The van der Waals surface area contributed by atoms with Crippen molar-refractivity contribution in [3.8, 4) is 12.1 Å². The number of hydrogen-bond donors (Lipinski definition) is 1. The van der Waals surface area contributed by atoms with Crippen LogP contribution in [0.1, 0.15) is 24.0 Å². The second-order valence-electron chi connectivity index (χ2n) is 3.25. The van der Waals surface area contributed by atoms with Gasteiger partial charge in [-0.05, 0) is 30.7 Å². The molecule has 0 aliphatic heterocycles. The van der Waals surface area contributed by atoms with Crippen LogP contribution in [0, 0.1) is 22.7 Å². The van der Waals surface area contributed by atoms with E-state index in [9.17, 15) is 0 Å². The summed E-state index contributed by atoms with van der Waals surface area (Å²) in [4.78, 5) is 0. The first kappa shape index (κ1) is 11.2. The fourth-order valence-electron chi connectivity index (χ4n) is 1.28. The number of benzene rings is 1. The molecule has 76 valence electrons. The number of unbranched alkanes of at least 4 members (excludes halogenated alkanes) is 1. The molecule has 0 saturated heterocycles. The van der Waals surface area contributed by atoms with Gasteiger partial charge < -0.3 is 5.32 Å². The van der Waals surface area contributed by atoms with E-state index in [1.807, 2.05) is 18.2 Å². The highest BCUT2D eigenvalue weighted by Gasteiger charge is 1.94. The van der Waals surface area contributed by atoms with Gasteiger partial charge in [0.2, 0.25) is 0 Å². The highest BCUT2D eigenvalue weighted by Crippen LogP contribution is 2.03. The van der Waals surface area contributed by atoms with E-state index in [0.29, 0.717) is 12.0 Å². The molecule has 1 rings (SSSR count). The van der Waals surface area contributed by atoms with Gasteiger partial charge in [-0.3, -0.25) is 0 Å². The van der Waals surface area contributed by atoms with E-state index in [4.69, 9.17) is 10.5 Å². The number of hydrogen-bond acceptors (Lipinski definition) is 3. The maximum absolute atomic E-state index is 8.70. The Hall–Kier alpha value is -1.84. The normalized spacial score (nSPS) is 9.20. The molecule has 1 N–H and O–H groups in total. The number of rotatable bonds is 5. The standard InChI is InChI=1S/C12H13N3/c13-6-1-2-7-15-10-12-5-3-4-11(8-12)9-14/h3-5,8,15H,1-2,7,10H2. The van der Waals surface area contributed by atoms with Crippen molar-refractivity contribution < 1.29 is 0 Å². The molecule has 0 aliphatic carbocycles. The number of nitrogens with one attached hydrogen (secondary N) is 1. The highest BCUT2D eigenvalue weighted by molar-refractivity contribution is 5.32. The molecule has 0 aromatic heterocycles. The van der Waals surface area contributed by atoms with Crippen molar-refractivity contribution in [1.29, 1.82) is 10.5 Å². The molecule has 0 radical (unpaired) electrons. The van der Waals surface area contributed by atoms with Gasteiger partial charge in [-0.25, -0.2) is 0 Å². The van der Waals surface area contributed by atoms with Crippen LogP contribution in [-0.4, -0.2) is 6.54 Å². The molecule has 0 atom stereocenters. The molecular formula is C12H13N3. The molecule has 1 aromatic rings. The Kier molecular flexibility index (Phi) is 4.94. The van der Waals surface area contributed by atoms with Crippen LogP contribution in [0.5, 0.6) is 0 Å². The number of nitrogens with zero attached hydrogens (tertiary/aromatic N) is 2. The van der Waals surface area contributed by atoms with Crippen molar-refractivity contribution in [1.82, 2.24) is 5.32 Å². The van der Waals surface area contributed by atoms with Gasteiger partial charge >= 0.3 is 0 Å². The van der Waals surface area contributed by atoms with Gasteiger partial charge in [-0.15, -0.1) is 0 Å². The zero-order valence-corrected chi connectivity index (χ0v) is 8.53. The second-order valence-corrected chi connectivity index (χ2v) is 3.25. The molecule has 3 heteroatoms. The van der Waals surface area contributed by atoms with Crippen LogP contribution < -0.4 is 5.32 Å². The quantitative estimate of drug-likeness (QED) is 0.737. The third-order valence-electron chi connectivity index (χ3n) is 2.03. The van der Waals surface area contributed by atoms with Gasteiger partial charge in [0, 0.05) is 13.0 Å². The van der Waals surface area contributed by atoms with Crippen molar-refractivity contribution in [2.75, 3.05) is 6.54 Å². The first-order valence-corrected chi connectivity index (χ1v) is 4.93. The van der Waals surface area contributed by atoms with Crippen molar-refractivity contribution in [3.63, 3.8) is 0 Å². The largest absolute Gasteiger partial charge is 0.313 e. The molecular weight excluding hydrogens is 186 g/mol. The fraction of sp³-hybridized carbons (Fsp3) is 0.333. The van der Waals surface area contributed by atoms with Gasteiger partial charge in [0.05, 0.1) is 17.7 Å². The lowest BCUT2D eigenvalue weighted by atomic mass is 10.1. The van der Waals surface area contributed by atoms with Crippen LogP contribution in [0.4, 0.5) is 0 Å². The molecule has 0 unspecified atom stereocenters. The van der Waals surface area contributed by atoms with Crippen molar-refractivity contribution in [2.45, 2.75) is 19.4 Å². The summed E-state index contributed by atoms with van der Waals surface area (Å²) in [5, 5.41) is 20.3. The lowest BCUT2D eigenvalue weighted by Crippen LogP contribution is -2.14. The summed E-state index contributed by atoms with van der Waals surface area (Å²) in [6, 6.07) is 11.7. The molecule has 0 aliphatic rings. The molecule has 0 bridgehead atoms. The summed E-state index contributed by atoms with van der Waals surface area (Å²) in [6.07, 6.45) is 1.46. The predicted octanol–water partition coefficient (Wildman–Crippen LogP) is 1.95. The maximum atomic E-state index is 8.70. The Morgan fingerprint density at radius 2 is 2.13 bits per heavy atom. The number of nitriles is 2. The first-order chi connectivity index (χ1) is 7.36. The van der Waals surface area contributed by atoms with Crippen LogP contribution in [0.3, 0.4) is 0 Å². The van der Waals surface area contributed by atoms with Crippen molar-refractivity contribution in [2.24, 2.45) is 0 Å². The van der Waals surface area contributed by atoms with E-state index in [-0.39, 0.29) is 0 Å². The minimum Gasteiger partial charge on any atom is -0.313 e. The molecule has 15 heavy (non-hydrogen) atoms. The summed E-state index contributed by atoms with van der Waals surface area (Å²) in [5.41, 5.74) is 1.79. The third kappa shape index (κ3) is 4.26. The van der Waals surface area contributed by atoms with E-state index in [2.05, 4.69) is 17.5 Å². The minimum atomic E-state index is 0.589. The third-order valence-corrected chi connectivity index (χ3v) is 2.03. The average molecular weight is 199 g/mol. The maximum Gasteiger partial charge on any atom is 0.0991 e. The Bertz CT molecular complexity index is 385. The molecule has 0 heterocycles. The van der Waals surface area contributed by atoms with Gasteiger partial charge in [-0.2, -0.15) is 10.5 Å². The van der Waals surface area contributed by atoms with Crippen molar-refractivity contribution in [3.05, 3.63) is 35.4 Å². The molecule has 1 aromatic carbocycles. The van der Waals surface area contributed by atoms with E-state index in [1.54, 1.807) is 6.07 Å². The van der Waals surface area contributed by atoms with E-state index >= 15 is 0 Å². The van der Waals surface area contributed by atoms with Gasteiger partial charge in [-0.1, -0.05) is 12.1 Å². The monoisotopic (exact) mass is 199 g/mol. The molecule has 0 saturated carbocycles. The first-order valence-electron chi connectivity index (χ1n) is 4.93. The molecule has 3 nitrogen and oxygen atoms in total. The lowest BCUT2D eigenvalue weighted by molar-refractivity contribution is 0.657. The average Bonchev–Trinajstić information content (AvgIpc) is 2.29. The molecule has 0 fully saturated rings. The second kappa shape index (κ2) is 6.59.